The van der Waals surface area contributed by atoms with Gasteiger partial charge in [0, 0.05) is 28.1 Å². The van der Waals surface area contributed by atoms with Crippen molar-refractivity contribution < 1.29 is 23.1 Å². The number of carbonyl (C=O) groups excluding carboxylic acids is 1. The number of fused-ring (bicyclic) bond motifs is 1. The van der Waals surface area contributed by atoms with E-state index in [1.807, 2.05) is 42.5 Å². The van der Waals surface area contributed by atoms with Gasteiger partial charge in [0.05, 0.1) is 7.11 Å². The molecule has 1 heterocycles. The highest BCUT2D eigenvalue weighted by atomic mass is 19.1. The number of hydrogen-bond acceptors (Lipinski definition) is 5. The Kier molecular flexibility index (Phi) is 6.56. The molecule has 0 saturated heterocycles. The molecule has 0 fully saturated rings. The lowest BCUT2D eigenvalue weighted by atomic mass is 9.98. The molecule has 0 radical (unpaired) electrons. The van der Waals surface area contributed by atoms with Gasteiger partial charge in [0.1, 0.15) is 11.3 Å². The number of aryl methyl sites for hydroxylation is 1. The molecule has 0 amide bonds. The summed E-state index contributed by atoms with van der Waals surface area (Å²) in [6.07, 6.45) is -1.06. The summed E-state index contributed by atoms with van der Waals surface area (Å²) >= 11 is 0. The van der Waals surface area contributed by atoms with Crippen molar-refractivity contribution in [3.05, 3.63) is 130 Å². The van der Waals surface area contributed by atoms with Crippen LogP contribution in [0, 0.1) is 12.7 Å². The number of methoxy groups -OCH3 is 1. The molecule has 0 unspecified atom stereocenters. The summed E-state index contributed by atoms with van der Waals surface area (Å²) in [5, 5.41) is 0.746. The number of hydrogen-bond donors (Lipinski definition) is 0. The standard InChI is InChI=1S/C31H23FO5/c1-19-26(16-14-23-24(18-28(33)37-30(19)23)20-9-5-3-6-10-20)36-31(21-11-7-4-8-12-21)29(34)22-13-15-27(35-2)25(32)17-22/h3-18,31H,1-2H3/t31-/m1/s1. The molecular weight excluding hydrogens is 471 g/mol. The highest BCUT2D eigenvalue weighted by molar-refractivity contribution is 6.00. The van der Waals surface area contributed by atoms with Crippen LogP contribution >= 0.6 is 0 Å². The van der Waals surface area contributed by atoms with Gasteiger partial charge in [-0.15, -0.1) is 0 Å². The lowest BCUT2D eigenvalue weighted by molar-refractivity contribution is 0.0791. The molecule has 0 aliphatic carbocycles. The molecule has 0 aliphatic rings. The first-order valence-corrected chi connectivity index (χ1v) is 11.7. The minimum absolute atomic E-state index is 0.0448. The second-order valence-electron chi connectivity index (χ2n) is 8.53. The predicted molar refractivity (Wildman–Crippen MR) is 140 cm³/mol. The summed E-state index contributed by atoms with van der Waals surface area (Å²) < 4.78 is 31.2. The van der Waals surface area contributed by atoms with Crippen LogP contribution in [-0.4, -0.2) is 12.9 Å². The van der Waals surface area contributed by atoms with Crippen LogP contribution in [0.2, 0.25) is 0 Å². The normalized spacial score (nSPS) is 11.8. The van der Waals surface area contributed by atoms with Gasteiger partial charge in [0.15, 0.2) is 17.7 Å². The summed E-state index contributed by atoms with van der Waals surface area (Å²) in [6.45, 7) is 1.77. The average Bonchev–Trinajstić information content (AvgIpc) is 2.93. The number of Topliss-reactive ketones (excluding diaryl/α,β-unsaturated/α-hetero) is 1. The van der Waals surface area contributed by atoms with Crippen molar-refractivity contribution in [2.24, 2.45) is 0 Å². The van der Waals surface area contributed by atoms with Crippen LogP contribution in [0.3, 0.4) is 0 Å². The summed E-state index contributed by atoms with van der Waals surface area (Å²) in [5.41, 5.74) is 2.82. The van der Waals surface area contributed by atoms with Crippen LogP contribution < -0.4 is 15.1 Å². The Bertz CT molecular complexity index is 1640. The molecule has 5 rings (SSSR count). The monoisotopic (exact) mass is 494 g/mol. The second-order valence-corrected chi connectivity index (χ2v) is 8.53. The molecule has 5 aromatic rings. The summed E-state index contributed by atoms with van der Waals surface area (Å²) in [7, 11) is 1.36. The topological polar surface area (TPSA) is 65.7 Å². The van der Waals surface area contributed by atoms with E-state index in [9.17, 15) is 14.0 Å². The minimum atomic E-state index is -1.06. The van der Waals surface area contributed by atoms with E-state index in [-0.39, 0.29) is 11.3 Å². The van der Waals surface area contributed by atoms with Crippen molar-refractivity contribution in [2.45, 2.75) is 13.0 Å². The van der Waals surface area contributed by atoms with Crippen LogP contribution in [0.5, 0.6) is 11.5 Å². The van der Waals surface area contributed by atoms with Gasteiger partial charge in [-0.05, 0) is 48.4 Å². The van der Waals surface area contributed by atoms with Crippen molar-refractivity contribution in [2.75, 3.05) is 7.11 Å². The second kappa shape index (κ2) is 10.1. The average molecular weight is 495 g/mol. The smallest absolute Gasteiger partial charge is 0.336 e. The van der Waals surface area contributed by atoms with Crippen LogP contribution in [0.15, 0.2) is 106 Å². The van der Waals surface area contributed by atoms with Crippen molar-refractivity contribution in [3.63, 3.8) is 0 Å². The maximum atomic E-state index is 14.4. The van der Waals surface area contributed by atoms with E-state index in [1.165, 1.54) is 25.3 Å². The third kappa shape index (κ3) is 4.74. The molecule has 4 aromatic carbocycles. The van der Waals surface area contributed by atoms with Crippen LogP contribution in [0.4, 0.5) is 4.39 Å². The van der Waals surface area contributed by atoms with E-state index in [4.69, 9.17) is 13.9 Å². The van der Waals surface area contributed by atoms with Crippen molar-refractivity contribution >= 4 is 16.8 Å². The van der Waals surface area contributed by atoms with Crippen molar-refractivity contribution in [1.82, 2.24) is 0 Å². The first-order chi connectivity index (χ1) is 18.0. The number of rotatable bonds is 7. The maximum Gasteiger partial charge on any atom is 0.336 e. The number of ketones is 1. The van der Waals surface area contributed by atoms with Gasteiger partial charge in [0.2, 0.25) is 5.78 Å². The van der Waals surface area contributed by atoms with Crippen molar-refractivity contribution in [3.8, 4) is 22.6 Å². The Hall–Kier alpha value is -4.71. The Morgan fingerprint density at radius 2 is 1.54 bits per heavy atom. The third-order valence-electron chi connectivity index (χ3n) is 6.22. The zero-order chi connectivity index (χ0) is 25.9. The van der Waals surface area contributed by atoms with E-state index < -0.39 is 23.3 Å². The largest absolute Gasteiger partial charge is 0.494 e. The molecule has 6 heteroatoms. The van der Waals surface area contributed by atoms with Crippen LogP contribution in [-0.2, 0) is 0 Å². The summed E-state index contributed by atoms with van der Waals surface area (Å²) in [4.78, 5) is 26.0. The highest BCUT2D eigenvalue weighted by Crippen LogP contribution is 2.36. The van der Waals surface area contributed by atoms with Gasteiger partial charge in [-0.1, -0.05) is 60.7 Å². The third-order valence-corrected chi connectivity index (χ3v) is 6.22. The SMILES string of the molecule is COc1ccc(C(=O)[C@H](Oc2ccc3c(-c4ccccc4)cc(=O)oc3c2C)c2ccccc2)cc1F. The lowest BCUT2D eigenvalue weighted by Gasteiger charge is -2.21. The van der Waals surface area contributed by atoms with Crippen LogP contribution in [0.1, 0.15) is 27.6 Å². The molecule has 184 valence electrons. The van der Waals surface area contributed by atoms with Gasteiger partial charge in [-0.2, -0.15) is 0 Å². The summed E-state index contributed by atoms with van der Waals surface area (Å²) in [6, 6.07) is 27.6. The number of carbonyl (C=O) groups is 1. The Labute approximate surface area is 212 Å². The molecule has 0 saturated carbocycles. The molecule has 1 aromatic heterocycles. The first kappa shape index (κ1) is 24.0. The van der Waals surface area contributed by atoms with E-state index >= 15 is 0 Å². The Morgan fingerprint density at radius 3 is 2.22 bits per heavy atom. The fraction of sp³-hybridized carbons (Fsp3) is 0.0968. The van der Waals surface area contributed by atoms with Crippen LogP contribution in [0.25, 0.3) is 22.1 Å². The van der Waals surface area contributed by atoms with E-state index in [0.29, 0.717) is 22.5 Å². The van der Waals surface area contributed by atoms with E-state index in [1.54, 1.807) is 37.3 Å². The molecule has 0 spiro atoms. The maximum absolute atomic E-state index is 14.4. The number of ether oxygens (including phenoxy) is 2. The highest BCUT2D eigenvalue weighted by Gasteiger charge is 2.26. The van der Waals surface area contributed by atoms with E-state index in [0.717, 1.165) is 22.6 Å². The Morgan fingerprint density at radius 1 is 0.865 bits per heavy atom. The predicted octanol–water partition coefficient (Wildman–Crippen LogP) is 6.92. The van der Waals surface area contributed by atoms with Gasteiger partial charge in [-0.3, -0.25) is 4.79 Å². The zero-order valence-corrected chi connectivity index (χ0v) is 20.2. The van der Waals surface area contributed by atoms with Crippen molar-refractivity contribution in [1.29, 1.82) is 0 Å². The summed E-state index contributed by atoms with van der Waals surface area (Å²) in [5.74, 6) is -0.649. The number of benzene rings is 4. The fourth-order valence-corrected chi connectivity index (χ4v) is 4.33. The first-order valence-electron chi connectivity index (χ1n) is 11.7. The molecule has 5 nitrogen and oxygen atoms in total. The minimum Gasteiger partial charge on any atom is -0.494 e. The molecule has 0 bridgehead atoms. The van der Waals surface area contributed by atoms with Gasteiger partial charge >= 0.3 is 5.63 Å². The molecule has 37 heavy (non-hydrogen) atoms. The molecule has 0 aliphatic heterocycles. The van der Waals surface area contributed by atoms with Gasteiger partial charge in [0.25, 0.3) is 0 Å². The molecule has 0 N–H and O–H groups in total. The van der Waals surface area contributed by atoms with Gasteiger partial charge in [-0.25, -0.2) is 9.18 Å². The fourth-order valence-electron chi connectivity index (χ4n) is 4.33. The zero-order valence-electron chi connectivity index (χ0n) is 20.2. The Balaban J connectivity index is 1.59. The quantitative estimate of drug-likeness (QED) is 0.182. The van der Waals surface area contributed by atoms with E-state index in [2.05, 4.69) is 0 Å². The lowest BCUT2D eigenvalue weighted by Crippen LogP contribution is -2.20. The number of halogens is 1. The molecule has 1 atom stereocenters. The van der Waals surface area contributed by atoms with Gasteiger partial charge < -0.3 is 13.9 Å². The molecular formula is C31H23FO5.